The van der Waals surface area contributed by atoms with Crippen LogP contribution in [0.15, 0.2) is 23.1 Å². The van der Waals surface area contributed by atoms with E-state index in [1.54, 1.807) is 12.3 Å². The first-order chi connectivity index (χ1) is 8.29. The summed E-state index contributed by atoms with van der Waals surface area (Å²) in [5.41, 5.74) is 0.628. The number of aromatic nitrogens is 4. The van der Waals surface area contributed by atoms with Crippen molar-refractivity contribution >= 4 is 0 Å². The number of hydrogen-bond donors (Lipinski definition) is 0. The van der Waals surface area contributed by atoms with E-state index < -0.39 is 0 Å². The van der Waals surface area contributed by atoms with Gasteiger partial charge >= 0.3 is 0 Å². The van der Waals surface area contributed by atoms with Crippen LogP contribution in [0.5, 0.6) is 0 Å². The third kappa shape index (κ3) is 2.84. The second kappa shape index (κ2) is 5.16. The summed E-state index contributed by atoms with van der Waals surface area (Å²) in [7, 11) is 0. The van der Waals surface area contributed by atoms with Gasteiger partial charge in [-0.05, 0) is 12.0 Å². The highest BCUT2D eigenvalue weighted by Crippen LogP contribution is 2.14. The van der Waals surface area contributed by atoms with Crippen molar-refractivity contribution in [3.8, 4) is 17.6 Å². The van der Waals surface area contributed by atoms with E-state index in [-0.39, 0.29) is 5.92 Å². The number of rotatable bonds is 4. The highest BCUT2D eigenvalue weighted by molar-refractivity contribution is 5.46. The highest BCUT2D eigenvalue weighted by Gasteiger charge is 2.12. The maximum absolute atomic E-state index is 8.56. The quantitative estimate of drug-likeness (QED) is 0.791. The van der Waals surface area contributed by atoms with Crippen molar-refractivity contribution < 1.29 is 4.52 Å². The molecule has 0 saturated carbocycles. The van der Waals surface area contributed by atoms with Crippen LogP contribution in [0.3, 0.4) is 0 Å². The Morgan fingerprint density at radius 2 is 2.41 bits per heavy atom. The van der Waals surface area contributed by atoms with E-state index in [9.17, 15) is 0 Å². The Morgan fingerprint density at radius 1 is 1.53 bits per heavy atom. The van der Waals surface area contributed by atoms with Crippen molar-refractivity contribution in [2.24, 2.45) is 5.92 Å². The van der Waals surface area contributed by atoms with Gasteiger partial charge in [0.25, 0.3) is 0 Å². The molecule has 2 heterocycles. The van der Waals surface area contributed by atoms with Gasteiger partial charge in [-0.15, -0.1) is 0 Å². The third-order valence-electron chi connectivity index (χ3n) is 2.24. The summed E-state index contributed by atoms with van der Waals surface area (Å²) in [5.74, 6) is 1.19. The molecule has 0 aliphatic carbocycles. The lowest BCUT2D eigenvalue weighted by atomic mass is 10.1. The fourth-order valence-corrected chi connectivity index (χ4v) is 1.39. The molecule has 0 aliphatic rings. The summed E-state index contributed by atoms with van der Waals surface area (Å²) in [6, 6.07) is 3.83. The molecule has 0 aromatic carbocycles. The molecular weight excluding hydrogens is 218 g/mol. The Morgan fingerprint density at radius 3 is 3.12 bits per heavy atom. The molecule has 86 valence electrons. The van der Waals surface area contributed by atoms with E-state index in [0.29, 0.717) is 30.3 Å². The SMILES string of the molecule is CC(CC#N)Cc1nc(-c2ccncn2)no1. The maximum atomic E-state index is 8.56. The zero-order chi connectivity index (χ0) is 12.1. The molecular formula is C11H11N5O. The molecule has 0 aliphatic heterocycles. The van der Waals surface area contributed by atoms with Crippen LogP contribution in [0, 0.1) is 17.2 Å². The third-order valence-corrected chi connectivity index (χ3v) is 2.24. The van der Waals surface area contributed by atoms with Crippen LogP contribution in [0.1, 0.15) is 19.2 Å². The summed E-state index contributed by atoms with van der Waals surface area (Å²) in [5, 5.41) is 12.4. The van der Waals surface area contributed by atoms with Gasteiger partial charge in [-0.25, -0.2) is 9.97 Å². The number of hydrogen-bond acceptors (Lipinski definition) is 6. The van der Waals surface area contributed by atoms with E-state index in [1.807, 2.05) is 6.92 Å². The minimum Gasteiger partial charge on any atom is -0.339 e. The Labute approximate surface area is 98.3 Å². The zero-order valence-electron chi connectivity index (χ0n) is 9.37. The molecule has 0 fully saturated rings. The van der Waals surface area contributed by atoms with Gasteiger partial charge in [0.1, 0.15) is 12.0 Å². The van der Waals surface area contributed by atoms with E-state index >= 15 is 0 Å². The second-order valence-corrected chi connectivity index (χ2v) is 3.78. The molecule has 0 radical (unpaired) electrons. The molecule has 2 aromatic rings. The lowest BCUT2D eigenvalue weighted by molar-refractivity contribution is 0.359. The first-order valence-corrected chi connectivity index (χ1v) is 5.25. The molecule has 2 aromatic heterocycles. The van der Waals surface area contributed by atoms with E-state index in [0.717, 1.165) is 0 Å². The monoisotopic (exact) mass is 229 g/mol. The van der Waals surface area contributed by atoms with Crippen LogP contribution in [0.25, 0.3) is 11.5 Å². The summed E-state index contributed by atoms with van der Waals surface area (Å²) in [6.07, 6.45) is 4.14. The van der Waals surface area contributed by atoms with Crippen LogP contribution in [0.4, 0.5) is 0 Å². The lowest BCUT2D eigenvalue weighted by Gasteiger charge is -2.00. The van der Waals surface area contributed by atoms with Crippen molar-refractivity contribution in [2.45, 2.75) is 19.8 Å². The Hall–Kier alpha value is -2.29. The van der Waals surface area contributed by atoms with Gasteiger partial charge in [-0.1, -0.05) is 12.1 Å². The molecule has 2 rings (SSSR count). The molecule has 0 spiro atoms. The van der Waals surface area contributed by atoms with Gasteiger partial charge in [-0.2, -0.15) is 10.2 Å². The molecule has 17 heavy (non-hydrogen) atoms. The standard InChI is InChI=1S/C11H11N5O/c1-8(2-4-12)6-10-15-11(16-17-10)9-3-5-13-7-14-9/h3,5,7-8H,2,6H2,1H3. The smallest absolute Gasteiger partial charge is 0.227 e. The Bertz CT molecular complexity index is 516. The number of nitriles is 1. The van der Waals surface area contributed by atoms with Gasteiger partial charge < -0.3 is 4.52 Å². The zero-order valence-corrected chi connectivity index (χ0v) is 9.37. The van der Waals surface area contributed by atoms with E-state index in [4.69, 9.17) is 9.78 Å². The first-order valence-electron chi connectivity index (χ1n) is 5.25. The van der Waals surface area contributed by atoms with Gasteiger partial charge in [0.05, 0.1) is 6.07 Å². The van der Waals surface area contributed by atoms with Gasteiger partial charge in [0, 0.05) is 19.0 Å². The van der Waals surface area contributed by atoms with E-state index in [1.165, 1.54) is 6.33 Å². The van der Waals surface area contributed by atoms with Gasteiger partial charge in [-0.3, -0.25) is 0 Å². The first kappa shape index (κ1) is 11.2. The number of nitrogens with zero attached hydrogens (tertiary/aromatic N) is 5. The van der Waals surface area contributed by atoms with E-state index in [2.05, 4.69) is 26.2 Å². The highest BCUT2D eigenvalue weighted by atomic mass is 16.5. The molecule has 0 N–H and O–H groups in total. The summed E-state index contributed by atoms with van der Waals surface area (Å²) < 4.78 is 5.11. The summed E-state index contributed by atoms with van der Waals surface area (Å²) in [4.78, 5) is 12.1. The Balaban J connectivity index is 2.09. The van der Waals surface area contributed by atoms with Crippen molar-refractivity contribution in [3.05, 3.63) is 24.5 Å². The summed E-state index contributed by atoms with van der Waals surface area (Å²) >= 11 is 0. The van der Waals surface area contributed by atoms with Crippen LogP contribution in [-0.4, -0.2) is 20.1 Å². The van der Waals surface area contributed by atoms with Gasteiger partial charge in [0.2, 0.25) is 11.7 Å². The minimum absolute atomic E-state index is 0.207. The predicted molar refractivity (Wildman–Crippen MR) is 58.4 cm³/mol. The average Bonchev–Trinajstić information content (AvgIpc) is 2.79. The molecule has 0 saturated heterocycles. The topological polar surface area (TPSA) is 88.5 Å². The van der Waals surface area contributed by atoms with Crippen molar-refractivity contribution in [2.75, 3.05) is 0 Å². The largest absolute Gasteiger partial charge is 0.339 e. The molecule has 6 nitrogen and oxygen atoms in total. The predicted octanol–water partition coefficient (Wildman–Crippen LogP) is 1.62. The molecule has 0 amide bonds. The van der Waals surface area contributed by atoms with Crippen LogP contribution in [-0.2, 0) is 6.42 Å². The average molecular weight is 229 g/mol. The Kier molecular flexibility index (Phi) is 3.40. The molecule has 6 heteroatoms. The van der Waals surface area contributed by atoms with Crippen molar-refractivity contribution in [1.29, 1.82) is 5.26 Å². The van der Waals surface area contributed by atoms with Gasteiger partial charge in [0.15, 0.2) is 0 Å². The van der Waals surface area contributed by atoms with Crippen molar-refractivity contribution in [1.82, 2.24) is 20.1 Å². The molecule has 0 bridgehead atoms. The van der Waals surface area contributed by atoms with Crippen molar-refractivity contribution in [3.63, 3.8) is 0 Å². The minimum atomic E-state index is 0.207. The fourth-order valence-electron chi connectivity index (χ4n) is 1.39. The van der Waals surface area contributed by atoms with Crippen LogP contribution < -0.4 is 0 Å². The second-order valence-electron chi connectivity index (χ2n) is 3.78. The van der Waals surface area contributed by atoms with Crippen LogP contribution >= 0.6 is 0 Å². The van der Waals surface area contributed by atoms with Crippen LogP contribution in [0.2, 0.25) is 0 Å². The maximum Gasteiger partial charge on any atom is 0.227 e. The summed E-state index contributed by atoms with van der Waals surface area (Å²) in [6.45, 7) is 1.97. The molecule has 1 unspecified atom stereocenters. The lowest BCUT2D eigenvalue weighted by Crippen LogP contribution is -1.98. The normalized spacial score (nSPS) is 12.0. The molecule has 1 atom stereocenters. The fraction of sp³-hybridized carbons (Fsp3) is 0.364.